The van der Waals surface area contributed by atoms with Gasteiger partial charge in [-0.05, 0) is 12.8 Å². The van der Waals surface area contributed by atoms with Crippen LogP contribution in [0.5, 0.6) is 0 Å². The molecule has 108 valence electrons. The average Bonchev–Trinajstić information content (AvgIpc) is 3.06. The third-order valence-electron chi connectivity index (χ3n) is 3.22. The molecule has 1 unspecified atom stereocenters. The number of rotatable bonds is 5. The van der Waals surface area contributed by atoms with E-state index in [1.807, 2.05) is 4.57 Å². The number of hydrogen-bond donors (Lipinski definition) is 2. The molecule has 0 amide bonds. The Hall–Kier alpha value is -1.34. The van der Waals surface area contributed by atoms with E-state index in [0.29, 0.717) is 23.6 Å². The predicted octanol–water partition coefficient (Wildman–Crippen LogP) is 0.646. The largest absolute Gasteiger partial charge is 0.390 e. The highest BCUT2D eigenvalue weighted by molar-refractivity contribution is 7.31. The van der Waals surface area contributed by atoms with Gasteiger partial charge in [-0.15, -0.1) is 0 Å². The predicted molar refractivity (Wildman–Crippen MR) is 74.2 cm³/mol. The molecule has 0 aliphatic carbocycles. The van der Waals surface area contributed by atoms with Crippen molar-refractivity contribution < 1.29 is 14.4 Å². The molecule has 3 heterocycles. The lowest BCUT2D eigenvalue weighted by Crippen LogP contribution is -2.15. The molecule has 3 atom stereocenters. The van der Waals surface area contributed by atoms with Crippen LogP contribution in [0.15, 0.2) is 12.7 Å². The highest BCUT2D eigenvalue weighted by Crippen LogP contribution is 2.31. The minimum absolute atomic E-state index is 0.0377. The second-order valence-electron chi connectivity index (χ2n) is 4.49. The van der Waals surface area contributed by atoms with Crippen LogP contribution in [-0.4, -0.2) is 43.7 Å². The lowest BCUT2D eigenvalue weighted by molar-refractivity contribution is -0.0138. The first kappa shape index (κ1) is 13.6. The number of aliphatic hydroxyl groups excluding tert-OH is 1. The van der Waals surface area contributed by atoms with Crippen LogP contribution in [-0.2, 0) is 9.26 Å². The van der Waals surface area contributed by atoms with Gasteiger partial charge in [-0.1, -0.05) is 0 Å². The number of nitrogens with zero attached hydrogens (tertiary/aromatic N) is 4. The number of anilines is 1. The molecule has 0 aromatic carbocycles. The average molecular weight is 297 g/mol. The number of ether oxygens (including phenoxy) is 1. The Balaban J connectivity index is 1.72. The molecule has 9 heteroatoms. The first-order valence-corrected chi connectivity index (χ1v) is 7.45. The summed E-state index contributed by atoms with van der Waals surface area (Å²) in [4.78, 5) is 12.4. The molecule has 0 spiro atoms. The van der Waals surface area contributed by atoms with Crippen LogP contribution in [0.1, 0.15) is 19.1 Å². The summed E-state index contributed by atoms with van der Waals surface area (Å²) in [5, 5.41) is 8.69. The monoisotopic (exact) mass is 297 g/mol. The molecule has 0 radical (unpaired) electrons. The zero-order chi connectivity index (χ0) is 13.9. The van der Waals surface area contributed by atoms with Crippen molar-refractivity contribution in [1.82, 2.24) is 19.5 Å². The van der Waals surface area contributed by atoms with E-state index in [2.05, 4.69) is 15.0 Å². The SMILES string of the molecule is Nc1ncnc2c1ncn2[C@H]1CC[C@@H](COPCO)O1. The molecular weight excluding hydrogens is 281 g/mol. The molecular formula is C11H16N5O3P. The maximum atomic E-state index is 8.69. The van der Waals surface area contributed by atoms with Crippen LogP contribution >= 0.6 is 8.81 Å². The quantitative estimate of drug-likeness (QED) is 0.616. The van der Waals surface area contributed by atoms with E-state index in [0.717, 1.165) is 12.8 Å². The smallest absolute Gasteiger partial charge is 0.167 e. The third-order valence-corrected chi connectivity index (χ3v) is 3.72. The van der Waals surface area contributed by atoms with Crippen molar-refractivity contribution in [2.75, 3.05) is 18.7 Å². The molecule has 20 heavy (non-hydrogen) atoms. The molecule has 1 aliphatic rings. The van der Waals surface area contributed by atoms with Crippen molar-refractivity contribution in [2.24, 2.45) is 0 Å². The minimum atomic E-state index is -0.111. The fourth-order valence-electron chi connectivity index (χ4n) is 2.29. The van der Waals surface area contributed by atoms with Gasteiger partial charge in [-0.25, -0.2) is 15.0 Å². The summed E-state index contributed by atoms with van der Waals surface area (Å²) in [5.74, 6) is 0.371. The van der Waals surface area contributed by atoms with Gasteiger partial charge in [-0.2, -0.15) is 0 Å². The summed E-state index contributed by atoms with van der Waals surface area (Å²) in [6, 6.07) is 0. The maximum Gasteiger partial charge on any atom is 0.167 e. The molecule has 1 fully saturated rings. The van der Waals surface area contributed by atoms with E-state index >= 15 is 0 Å². The van der Waals surface area contributed by atoms with E-state index in [4.69, 9.17) is 20.1 Å². The topological polar surface area (TPSA) is 108 Å². The first-order chi connectivity index (χ1) is 9.79. The van der Waals surface area contributed by atoms with Gasteiger partial charge in [0.05, 0.1) is 25.4 Å². The van der Waals surface area contributed by atoms with E-state index in [1.54, 1.807) is 6.33 Å². The number of nitrogen functional groups attached to an aromatic ring is 1. The van der Waals surface area contributed by atoms with Gasteiger partial charge >= 0.3 is 0 Å². The van der Waals surface area contributed by atoms with Crippen molar-refractivity contribution in [1.29, 1.82) is 0 Å². The summed E-state index contributed by atoms with van der Waals surface area (Å²) in [7, 11) is 0.108. The summed E-state index contributed by atoms with van der Waals surface area (Å²) >= 11 is 0. The van der Waals surface area contributed by atoms with Crippen LogP contribution in [0.4, 0.5) is 5.82 Å². The van der Waals surface area contributed by atoms with Crippen molar-refractivity contribution in [3.63, 3.8) is 0 Å². The number of imidazole rings is 1. The van der Waals surface area contributed by atoms with Crippen molar-refractivity contribution >= 4 is 25.8 Å². The van der Waals surface area contributed by atoms with Gasteiger partial charge in [-0.3, -0.25) is 4.57 Å². The Morgan fingerprint density at radius 1 is 1.45 bits per heavy atom. The molecule has 2 aromatic heterocycles. The molecule has 0 saturated carbocycles. The van der Waals surface area contributed by atoms with Crippen molar-refractivity contribution in [3.05, 3.63) is 12.7 Å². The highest BCUT2D eigenvalue weighted by Gasteiger charge is 2.28. The Morgan fingerprint density at radius 2 is 2.35 bits per heavy atom. The van der Waals surface area contributed by atoms with E-state index in [9.17, 15) is 0 Å². The molecule has 2 aromatic rings. The molecule has 8 nitrogen and oxygen atoms in total. The normalized spacial score (nSPS) is 23.2. The van der Waals surface area contributed by atoms with Crippen LogP contribution in [0, 0.1) is 0 Å². The third kappa shape index (κ3) is 2.60. The molecule has 1 aliphatic heterocycles. The fraction of sp³-hybridized carbons (Fsp3) is 0.545. The fourth-order valence-corrected chi connectivity index (χ4v) is 2.69. The molecule has 3 rings (SSSR count). The van der Waals surface area contributed by atoms with Gasteiger partial charge in [0, 0.05) is 8.81 Å². The van der Waals surface area contributed by atoms with Gasteiger partial charge in [0.25, 0.3) is 0 Å². The van der Waals surface area contributed by atoms with Crippen LogP contribution in [0.3, 0.4) is 0 Å². The van der Waals surface area contributed by atoms with Crippen LogP contribution in [0.25, 0.3) is 11.2 Å². The summed E-state index contributed by atoms with van der Waals surface area (Å²) in [5.41, 5.74) is 7.04. The summed E-state index contributed by atoms with van der Waals surface area (Å²) < 4.78 is 13.1. The Labute approximate surface area is 117 Å². The first-order valence-electron chi connectivity index (χ1n) is 6.33. The Kier molecular flexibility index (Phi) is 4.07. The maximum absolute atomic E-state index is 8.69. The van der Waals surface area contributed by atoms with Crippen LogP contribution < -0.4 is 5.73 Å². The molecule has 0 bridgehead atoms. The minimum Gasteiger partial charge on any atom is -0.390 e. The van der Waals surface area contributed by atoms with Gasteiger partial charge in [0.2, 0.25) is 0 Å². The lowest BCUT2D eigenvalue weighted by Gasteiger charge is -2.15. The molecule has 3 N–H and O–H groups in total. The second-order valence-corrected chi connectivity index (χ2v) is 5.38. The second kappa shape index (κ2) is 5.97. The number of aliphatic hydroxyl groups is 1. The molecule has 1 saturated heterocycles. The van der Waals surface area contributed by atoms with Crippen molar-refractivity contribution in [3.8, 4) is 0 Å². The number of fused-ring (bicyclic) bond motifs is 1. The van der Waals surface area contributed by atoms with Gasteiger partial charge in [0.15, 0.2) is 11.5 Å². The number of nitrogens with two attached hydrogens (primary N) is 1. The summed E-state index contributed by atoms with van der Waals surface area (Å²) in [6.45, 7) is 0.499. The Bertz CT molecular complexity index is 592. The van der Waals surface area contributed by atoms with E-state index < -0.39 is 0 Å². The number of hydrogen-bond acceptors (Lipinski definition) is 7. The zero-order valence-corrected chi connectivity index (χ0v) is 11.8. The Morgan fingerprint density at radius 3 is 3.20 bits per heavy atom. The highest BCUT2D eigenvalue weighted by atomic mass is 31.1. The standard InChI is InChI=1S/C11H16N5O3P/c12-10-9-11(14-4-13-10)16(5-15-9)8-2-1-7(19-8)3-18-20-6-17/h4-5,7-8,17,20H,1-3,6H2,(H2,12,13,14)/t7-,8+/m0/s1. The van der Waals surface area contributed by atoms with E-state index in [1.165, 1.54) is 6.33 Å². The van der Waals surface area contributed by atoms with E-state index in [-0.39, 0.29) is 27.5 Å². The zero-order valence-electron chi connectivity index (χ0n) is 10.8. The van der Waals surface area contributed by atoms with Gasteiger partial charge in [0.1, 0.15) is 18.1 Å². The lowest BCUT2D eigenvalue weighted by atomic mass is 10.2. The van der Waals surface area contributed by atoms with Gasteiger partial charge < -0.3 is 20.1 Å². The van der Waals surface area contributed by atoms with Crippen molar-refractivity contribution in [2.45, 2.75) is 25.2 Å². The summed E-state index contributed by atoms with van der Waals surface area (Å²) in [6.07, 6.45) is 4.86. The van der Waals surface area contributed by atoms with Crippen LogP contribution in [0.2, 0.25) is 0 Å². The number of aromatic nitrogens is 4.